The number of rotatable bonds is 7. The summed E-state index contributed by atoms with van der Waals surface area (Å²) in [4.78, 5) is 15.5. The van der Waals surface area contributed by atoms with Gasteiger partial charge in [0, 0.05) is 6.54 Å². The number of hydrogen-bond donors (Lipinski definition) is 0. The molecule has 2 aromatic carbocycles. The number of amides is 1. The van der Waals surface area contributed by atoms with Crippen LogP contribution in [-0.2, 0) is 32.6 Å². The fraction of sp³-hybridized carbons (Fsp3) is 0.440. The number of nitrogens with zero attached hydrogens (tertiary/aromatic N) is 3. The topological polar surface area (TPSA) is 73.5 Å². The molecule has 3 rings (SSSR count). The Labute approximate surface area is 187 Å². The number of carbonyl (C=O) groups excluding carboxylic acids is 1. The maximum Gasteiger partial charge on any atom is 0.227 e. The molecule has 164 valence electrons. The molecule has 1 aliphatic carbocycles. The highest BCUT2D eigenvalue weighted by atomic mass is 32.2. The Bertz CT molecular complexity index is 1100. The minimum absolute atomic E-state index is 0.120. The summed E-state index contributed by atoms with van der Waals surface area (Å²) in [5.41, 5.74) is 5.69. The van der Waals surface area contributed by atoms with E-state index in [0.717, 1.165) is 47.2 Å². The lowest BCUT2D eigenvalue weighted by molar-refractivity contribution is -0.117. The summed E-state index contributed by atoms with van der Waals surface area (Å²) in [7, 11) is 2.26. The van der Waals surface area contributed by atoms with Crippen LogP contribution in [0, 0.1) is 18.3 Å². The Morgan fingerprint density at radius 1 is 1.26 bits per heavy atom. The van der Waals surface area contributed by atoms with E-state index in [4.69, 9.17) is 0 Å². The molecular weight excluding hydrogens is 406 g/mol. The molecule has 2 aromatic rings. The summed E-state index contributed by atoms with van der Waals surface area (Å²) < 4.78 is 16.8. The molecule has 0 atom stereocenters. The molecule has 6 heteroatoms. The first-order valence-electron chi connectivity index (χ1n) is 10.7. The quantitative estimate of drug-likeness (QED) is 0.559. The van der Waals surface area contributed by atoms with Crippen molar-refractivity contribution in [3.63, 3.8) is 0 Å². The molecule has 1 saturated carbocycles. The van der Waals surface area contributed by atoms with E-state index in [1.54, 1.807) is 6.07 Å². The zero-order chi connectivity index (χ0) is 22.7. The summed E-state index contributed by atoms with van der Waals surface area (Å²) >= 11 is 0. The van der Waals surface area contributed by atoms with Gasteiger partial charge >= 0.3 is 0 Å². The zero-order valence-electron chi connectivity index (χ0n) is 18.9. The molecule has 0 aromatic heterocycles. The minimum atomic E-state index is -1.74. The van der Waals surface area contributed by atoms with Crippen molar-refractivity contribution in [3.05, 3.63) is 63.7 Å². The van der Waals surface area contributed by atoms with Crippen molar-refractivity contribution >= 4 is 16.5 Å². The molecule has 0 radical (unpaired) electrons. The van der Waals surface area contributed by atoms with Crippen LogP contribution in [0.2, 0.25) is 0 Å². The number of aryl methyl sites for hydroxylation is 1. The van der Waals surface area contributed by atoms with Crippen molar-refractivity contribution in [2.24, 2.45) is 4.36 Å². The molecular formula is C25H30N3O2S-. The molecule has 31 heavy (non-hydrogen) atoms. The van der Waals surface area contributed by atoms with Crippen LogP contribution in [0.5, 0.6) is 0 Å². The van der Waals surface area contributed by atoms with Gasteiger partial charge in [-0.15, -0.1) is 0 Å². The molecule has 0 N–H and O–H groups in total. The van der Waals surface area contributed by atoms with E-state index in [-0.39, 0.29) is 18.2 Å². The normalized spacial score (nSPS) is 14.8. The van der Waals surface area contributed by atoms with E-state index in [1.807, 2.05) is 45.3 Å². The van der Waals surface area contributed by atoms with Crippen LogP contribution in [-0.4, -0.2) is 24.9 Å². The van der Waals surface area contributed by atoms with Crippen molar-refractivity contribution in [1.29, 1.82) is 5.26 Å². The first-order chi connectivity index (χ1) is 14.7. The second kappa shape index (κ2) is 9.76. The van der Waals surface area contributed by atoms with Gasteiger partial charge in [0.25, 0.3) is 0 Å². The molecule has 0 heterocycles. The van der Waals surface area contributed by atoms with Crippen LogP contribution < -0.4 is 0 Å². The lowest BCUT2D eigenvalue weighted by Gasteiger charge is -2.18. The summed E-state index contributed by atoms with van der Waals surface area (Å²) in [6.07, 6.45) is 2.28. The van der Waals surface area contributed by atoms with Gasteiger partial charge in [-0.25, -0.2) is 0 Å². The predicted molar refractivity (Wildman–Crippen MR) is 123 cm³/mol. The van der Waals surface area contributed by atoms with Crippen LogP contribution in [0.1, 0.15) is 71.9 Å². The van der Waals surface area contributed by atoms with E-state index >= 15 is 0 Å². The van der Waals surface area contributed by atoms with Crippen LogP contribution in [0.3, 0.4) is 0 Å². The van der Waals surface area contributed by atoms with Gasteiger partial charge in [-0.1, -0.05) is 42.5 Å². The number of benzene rings is 2. The Kier molecular flexibility index (Phi) is 7.30. The first kappa shape index (κ1) is 23.2. The SMILES string of the molecule is Cc1cc(CN(C)C)ccc1[S-](=O)=NC(=O)Cc1c(C(C)C)cc(C#N)cc1C1CC1. The third kappa shape index (κ3) is 5.81. The van der Waals surface area contributed by atoms with E-state index in [2.05, 4.69) is 29.2 Å². The number of hydrogen-bond acceptors (Lipinski definition) is 5. The van der Waals surface area contributed by atoms with Crippen LogP contribution in [0.25, 0.3) is 0 Å². The van der Waals surface area contributed by atoms with Gasteiger partial charge in [-0.2, -0.15) is 15.9 Å². The van der Waals surface area contributed by atoms with E-state index in [1.165, 1.54) is 0 Å². The van der Waals surface area contributed by atoms with Crippen molar-refractivity contribution in [2.75, 3.05) is 14.1 Å². The molecule has 0 unspecified atom stereocenters. The van der Waals surface area contributed by atoms with Gasteiger partial charge in [0.2, 0.25) is 5.91 Å². The van der Waals surface area contributed by atoms with Gasteiger partial charge in [0.05, 0.1) is 18.1 Å². The minimum Gasteiger partial charge on any atom is -0.440 e. The molecule has 0 bridgehead atoms. The summed E-state index contributed by atoms with van der Waals surface area (Å²) in [5.74, 6) is 0.208. The first-order valence-corrected chi connectivity index (χ1v) is 11.8. The van der Waals surface area contributed by atoms with Crippen molar-refractivity contribution in [2.45, 2.75) is 63.3 Å². The molecule has 1 fully saturated rings. The lowest BCUT2D eigenvalue weighted by Crippen LogP contribution is -2.11. The molecule has 0 aliphatic heterocycles. The second-order valence-corrected chi connectivity index (χ2v) is 10.0. The largest absolute Gasteiger partial charge is 0.440 e. The average molecular weight is 437 g/mol. The average Bonchev–Trinajstić information content (AvgIpc) is 3.52. The lowest BCUT2D eigenvalue weighted by atomic mass is 9.87. The second-order valence-electron chi connectivity index (χ2n) is 8.92. The number of nitriles is 1. The third-order valence-electron chi connectivity index (χ3n) is 5.53. The highest BCUT2D eigenvalue weighted by Gasteiger charge is 2.29. The Hall–Kier alpha value is -2.49. The smallest absolute Gasteiger partial charge is 0.227 e. The van der Waals surface area contributed by atoms with E-state index < -0.39 is 10.6 Å². The molecule has 0 saturated heterocycles. The van der Waals surface area contributed by atoms with E-state index in [9.17, 15) is 14.3 Å². The zero-order valence-corrected chi connectivity index (χ0v) is 19.8. The van der Waals surface area contributed by atoms with Crippen LogP contribution >= 0.6 is 0 Å². The van der Waals surface area contributed by atoms with Crippen molar-refractivity contribution in [3.8, 4) is 6.07 Å². The van der Waals surface area contributed by atoms with Crippen molar-refractivity contribution in [1.82, 2.24) is 4.90 Å². The van der Waals surface area contributed by atoms with Gasteiger partial charge in [-0.3, -0.25) is 4.79 Å². The summed E-state index contributed by atoms with van der Waals surface area (Å²) in [5, 5.41) is 9.40. The van der Waals surface area contributed by atoms with E-state index in [0.29, 0.717) is 16.4 Å². The van der Waals surface area contributed by atoms with Gasteiger partial charge in [0.15, 0.2) is 0 Å². The standard InChI is InChI=1S/C25H30N3O2S/c1-16(2)21-11-19(14-26)12-22(20-7-8-20)23(21)13-25(29)27-31(30)24-9-6-18(10-17(24)3)15-28(4)5/h6,9-12,16,20H,7-8,13,15H2,1-5H3/q-1. The highest BCUT2D eigenvalue weighted by molar-refractivity contribution is 7.75. The van der Waals surface area contributed by atoms with Crippen LogP contribution in [0.4, 0.5) is 0 Å². The van der Waals surface area contributed by atoms with Gasteiger partial charge in [-0.05, 0) is 80.1 Å². The molecule has 5 nitrogen and oxygen atoms in total. The van der Waals surface area contributed by atoms with Crippen molar-refractivity contribution < 1.29 is 9.00 Å². The fourth-order valence-corrected chi connectivity index (χ4v) is 4.82. The van der Waals surface area contributed by atoms with Gasteiger partial charge < -0.3 is 13.5 Å². The maximum absolute atomic E-state index is 12.8. The fourth-order valence-electron chi connectivity index (χ4n) is 3.96. The predicted octanol–water partition coefficient (Wildman–Crippen LogP) is 5.20. The molecule has 0 spiro atoms. The Balaban J connectivity index is 1.89. The maximum atomic E-state index is 12.8. The third-order valence-corrected chi connectivity index (χ3v) is 6.73. The Morgan fingerprint density at radius 2 is 1.97 bits per heavy atom. The number of carbonyl (C=O) groups is 1. The molecule has 1 aliphatic rings. The van der Waals surface area contributed by atoms with Gasteiger partial charge in [0.1, 0.15) is 0 Å². The summed E-state index contributed by atoms with van der Waals surface area (Å²) in [6, 6.07) is 11.8. The monoisotopic (exact) mass is 436 g/mol. The molecule has 1 amide bonds. The highest BCUT2D eigenvalue weighted by Crippen LogP contribution is 2.44. The Morgan fingerprint density at radius 3 is 2.52 bits per heavy atom. The summed E-state index contributed by atoms with van der Waals surface area (Å²) in [6.45, 7) is 6.82. The van der Waals surface area contributed by atoms with Crippen LogP contribution in [0.15, 0.2) is 39.6 Å².